The van der Waals surface area contributed by atoms with Crippen molar-refractivity contribution in [1.82, 2.24) is 9.97 Å². The van der Waals surface area contributed by atoms with Gasteiger partial charge in [-0.15, -0.1) is 0 Å². The number of aromatic nitrogens is 2. The molecule has 2 nitrogen and oxygen atoms in total. The highest BCUT2D eigenvalue weighted by molar-refractivity contribution is 7.03. The normalized spacial score (nSPS) is 12.2. The topological polar surface area (TPSA) is 25.8 Å². The zero-order valence-corrected chi connectivity index (χ0v) is 17.6. The van der Waals surface area contributed by atoms with Crippen molar-refractivity contribution >= 4 is 30.9 Å². The van der Waals surface area contributed by atoms with Crippen LogP contribution in [-0.2, 0) is 0 Å². The van der Waals surface area contributed by atoms with Gasteiger partial charge in [-0.3, -0.25) is 0 Å². The molecule has 0 fully saturated rings. The van der Waals surface area contributed by atoms with Gasteiger partial charge >= 0.3 is 0 Å². The maximum absolute atomic E-state index is 4.71. The standard InChI is InChI=1S/C24H28N2Si/c1-19(2)27(20(3)4,24-25-17-8-18-26-24)23-15-13-22(14-16-23)12-11-21-9-6-5-7-10-21/h5-20H,1-4H3/b12-11+. The number of nitrogens with zero attached hydrogens (tertiary/aromatic N) is 2. The molecule has 0 spiro atoms. The summed E-state index contributed by atoms with van der Waals surface area (Å²) in [5.74, 6) is 0. The van der Waals surface area contributed by atoms with Crippen LogP contribution >= 0.6 is 0 Å². The molecule has 0 N–H and O–H groups in total. The van der Waals surface area contributed by atoms with Crippen LogP contribution < -0.4 is 10.6 Å². The Balaban J connectivity index is 1.98. The van der Waals surface area contributed by atoms with Gasteiger partial charge in [0.05, 0.1) is 0 Å². The third-order valence-electron chi connectivity index (χ3n) is 5.41. The molecular weight excluding hydrogens is 344 g/mol. The van der Waals surface area contributed by atoms with Gasteiger partial charge in [0.25, 0.3) is 0 Å². The van der Waals surface area contributed by atoms with Gasteiger partial charge in [0.15, 0.2) is 8.07 Å². The highest BCUT2D eigenvalue weighted by atomic mass is 28.3. The molecule has 0 amide bonds. The molecule has 1 heterocycles. The van der Waals surface area contributed by atoms with E-state index >= 15 is 0 Å². The monoisotopic (exact) mass is 372 g/mol. The number of benzene rings is 2. The Labute approximate surface area is 164 Å². The van der Waals surface area contributed by atoms with Crippen LogP contribution in [0.5, 0.6) is 0 Å². The first-order valence-corrected chi connectivity index (χ1v) is 11.8. The number of hydrogen-bond donors (Lipinski definition) is 0. The molecule has 2 aromatic carbocycles. The average Bonchev–Trinajstić information content (AvgIpc) is 2.69. The van der Waals surface area contributed by atoms with E-state index in [1.165, 1.54) is 16.3 Å². The van der Waals surface area contributed by atoms with E-state index in [0.29, 0.717) is 11.1 Å². The van der Waals surface area contributed by atoms with Gasteiger partial charge < -0.3 is 0 Å². The third kappa shape index (κ3) is 3.93. The molecule has 0 aliphatic carbocycles. The number of rotatable bonds is 6. The van der Waals surface area contributed by atoms with Crippen molar-refractivity contribution < 1.29 is 0 Å². The molecular formula is C24H28N2Si. The van der Waals surface area contributed by atoms with E-state index in [-0.39, 0.29) is 0 Å². The van der Waals surface area contributed by atoms with Gasteiger partial charge in [-0.05, 0) is 33.5 Å². The van der Waals surface area contributed by atoms with Crippen molar-refractivity contribution in [2.45, 2.75) is 38.8 Å². The van der Waals surface area contributed by atoms with Crippen molar-refractivity contribution in [3.05, 3.63) is 84.2 Å². The van der Waals surface area contributed by atoms with Crippen LogP contribution in [0.25, 0.3) is 12.2 Å². The van der Waals surface area contributed by atoms with Crippen molar-refractivity contribution in [3.63, 3.8) is 0 Å². The van der Waals surface area contributed by atoms with Gasteiger partial charge in [-0.2, -0.15) is 0 Å². The molecule has 3 aromatic rings. The van der Waals surface area contributed by atoms with Crippen LogP contribution in [0.15, 0.2) is 73.1 Å². The van der Waals surface area contributed by atoms with E-state index in [9.17, 15) is 0 Å². The van der Waals surface area contributed by atoms with Gasteiger partial charge in [0, 0.05) is 12.4 Å². The second-order valence-electron chi connectivity index (χ2n) is 7.62. The van der Waals surface area contributed by atoms with E-state index in [1.807, 2.05) is 24.5 Å². The lowest BCUT2D eigenvalue weighted by atomic mass is 10.1. The molecule has 0 atom stereocenters. The quantitative estimate of drug-likeness (QED) is 0.448. The molecule has 1 aromatic heterocycles. The minimum Gasteiger partial charge on any atom is -0.246 e. The smallest absolute Gasteiger partial charge is 0.170 e. The molecule has 0 unspecified atom stereocenters. The van der Waals surface area contributed by atoms with Crippen LogP contribution in [-0.4, -0.2) is 18.0 Å². The summed E-state index contributed by atoms with van der Waals surface area (Å²) in [4.78, 5) is 9.41. The predicted octanol–water partition coefficient (Wildman–Crippen LogP) is 5.03. The van der Waals surface area contributed by atoms with E-state index in [2.05, 4.69) is 88.4 Å². The van der Waals surface area contributed by atoms with Crippen molar-refractivity contribution in [2.24, 2.45) is 0 Å². The van der Waals surface area contributed by atoms with Gasteiger partial charge in [0.2, 0.25) is 0 Å². The van der Waals surface area contributed by atoms with E-state index < -0.39 is 8.07 Å². The fourth-order valence-corrected chi connectivity index (χ4v) is 9.37. The summed E-state index contributed by atoms with van der Waals surface area (Å²) >= 11 is 0. The van der Waals surface area contributed by atoms with E-state index in [1.54, 1.807) is 0 Å². The molecule has 27 heavy (non-hydrogen) atoms. The SMILES string of the molecule is CC(C)[Si](c1ccc(/C=C/c2ccccc2)cc1)(c1ncccn1)C(C)C. The fourth-order valence-electron chi connectivity index (χ4n) is 4.12. The summed E-state index contributed by atoms with van der Waals surface area (Å²) in [5.41, 5.74) is 4.51. The summed E-state index contributed by atoms with van der Waals surface area (Å²) in [5, 5.41) is 1.41. The highest BCUT2D eigenvalue weighted by Gasteiger charge is 2.46. The molecule has 3 rings (SSSR count). The summed E-state index contributed by atoms with van der Waals surface area (Å²) in [6, 6.07) is 21.4. The van der Waals surface area contributed by atoms with Gasteiger partial charge in [-0.25, -0.2) is 9.97 Å². The Morgan fingerprint density at radius 3 is 1.70 bits per heavy atom. The van der Waals surface area contributed by atoms with Gasteiger partial charge in [-0.1, -0.05) is 94.4 Å². The minimum atomic E-state index is -2.06. The summed E-state index contributed by atoms with van der Waals surface area (Å²) < 4.78 is 0. The second kappa shape index (κ2) is 8.44. The Kier molecular flexibility index (Phi) is 6.02. The van der Waals surface area contributed by atoms with Crippen LogP contribution in [0.3, 0.4) is 0 Å². The lowest BCUT2D eigenvalue weighted by Gasteiger charge is -2.38. The van der Waals surface area contributed by atoms with E-state index in [4.69, 9.17) is 9.97 Å². The third-order valence-corrected chi connectivity index (χ3v) is 11.3. The zero-order chi connectivity index (χ0) is 19.3. The van der Waals surface area contributed by atoms with Gasteiger partial charge in [0.1, 0.15) is 5.45 Å². The summed E-state index contributed by atoms with van der Waals surface area (Å²) in [7, 11) is -2.06. The molecule has 138 valence electrons. The maximum atomic E-state index is 4.71. The largest absolute Gasteiger partial charge is 0.246 e. The fraction of sp³-hybridized carbons (Fsp3) is 0.250. The van der Waals surface area contributed by atoms with Crippen LogP contribution in [0.1, 0.15) is 38.8 Å². The summed E-state index contributed by atoms with van der Waals surface area (Å²) in [6.45, 7) is 9.30. The van der Waals surface area contributed by atoms with Crippen molar-refractivity contribution in [1.29, 1.82) is 0 Å². The van der Waals surface area contributed by atoms with Crippen LogP contribution in [0.2, 0.25) is 11.1 Å². The Hall–Kier alpha value is -2.52. The molecule has 0 aliphatic rings. The minimum absolute atomic E-state index is 0.519. The zero-order valence-electron chi connectivity index (χ0n) is 16.6. The Bertz CT molecular complexity index is 861. The number of hydrogen-bond acceptors (Lipinski definition) is 2. The molecule has 0 bridgehead atoms. The van der Waals surface area contributed by atoms with Crippen molar-refractivity contribution in [3.8, 4) is 0 Å². The molecule has 0 radical (unpaired) electrons. The van der Waals surface area contributed by atoms with E-state index in [0.717, 1.165) is 5.45 Å². The molecule has 0 saturated carbocycles. The highest BCUT2D eigenvalue weighted by Crippen LogP contribution is 2.31. The predicted molar refractivity (Wildman–Crippen MR) is 119 cm³/mol. The molecule has 0 saturated heterocycles. The Morgan fingerprint density at radius 2 is 1.19 bits per heavy atom. The first-order valence-electron chi connectivity index (χ1n) is 9.66. The average molecular weight is 373 g/mol. The first-order chi connectivity index (χ1) is 13.0. The maximum Gasteiger partial charge on any atom is 0.170 e. The first kappa shape index (κ1) is 19.2. The summed E-state index contributed by atoms with van der Waals surface area (Å²) in [6.07, 6.45) is 8.09. The lowest BCUT2D eigenvalue weighted by molar-refractivity contribution is 0.916. The lowest BCUT2D eigenvalue weighted by Crippen LogP contribution is -2.64. The van der Waals surface area contributed by atoms with Crippen LogP contribution in [0.4, 0.5) is 0 Å². The second-order valence-corrected chi connectivity index (χ2v) is 12.7. The van der Waals surface area contributed by atoms with Crippen LogP contribution in [0, 0.1) is 0 Å². The van der Waals surface area contributed by atoms with Crippen molar-refractivity contribution in [2.75, 3.05) is 0 Å². The Morgan fingerprint density at radius 1 is 0.667 bits per heavy atom. The molecule has 3 heteroatoms. The molecule has 0 aliphatic heterocycles.